The number of nitrogens with two attached hydrogens (primary N) is 2. The number of quaternary nitrogens is 1. The number of rotatable bonds is 46. The second-order valence-electron chi connectivity index (χ2n) is 33.0. The highest BCUT2D eigenvalue weighted by Crippen LogP contribution is 2.24. The van der Waals surface area contributed by atoms with Gasteiger partial charge in [0.15, 0.2) is 6.54 Å². The van der Waals surface area contributed by atoms with E-state index in [4.69, 9.17) is 27.8 Å². The third kappa shape index (κ3) is 32.9. The first-order valence-electron chi connectivity index (χ1n) is 41.8. The molecule has 34 nitrogen and oxygen atoms in total. The molecule has 0 unspecified atom stereocenters. The highest BCUT2D eigenvalue weighted by molar-refractivity contribution is 6.30. The Labute approximate surface area is 722 Å². The lowest BCUT2D eigenvalue weighted by Gasteiger charge is -2.31. The quantitative estimate of drug-likeness (QED) is 0.0188. The molecule has 35 heteroatoms. The number of pyridine rings is 1. The van der Waals surface area contributed by atoms with E-state index in [1.54, 1.807) is 78.9 Å². The van der Waals surface area contributed by atoms with E-state index in [2.05, 4.69) is 79.0 Å². The van der Waals surface area contributed by atoms with Gasteiger partial charge in [-0.05, 0) is 132 Å². The molecule has 2 saturated heterocycles. The largest absolute Gasteiger partial charge is 0.853 e. The van der Waals surface area contributed by atoms with Gasteiger partial charge >= 0.3 is 12.1 Å². The van der Waals surface area contributed by atoms with Crippen molar-refractivity contribution < 1.29 is 76.7 Å². The predicted molar refractivity (Wildman–Crippen MR) is 463 cm³/mol. The fraction of sp³-hybridized carbons (Fsp3) is 0.477. The highest BCUT2D eigenvalue weighted by atomic mass is 35.5. The van der Waals surface area contributed by atoms with E-state index in [0.717, 1.165) is 16.3 Å². The monoisotopic (exact) mass is 1720 g/mol. The number of primary amides is 2. The number of likely N-dealkylation sites (N-methyl/N-ethyl adjacent to an activating group) is 1. The zero-order chi connectivity index (χ0) is 89.3. The smallest absolute Gasteiger partial charge is 0.319 e. The summed E-state index contributed by atoms with van der Waals surface area (Å²) in [7, 11) is 5.61. The third-order valence-corrected chi connectivity index (χ3v) is 21.0. The average molecular weight is 1720 g/mol. The Bertz CT molecular complexity index is 4550. The molecule has 123 heavy (non-hydrogen) atoms. The van der Waals surface area contributed by atoms with Crippen LogP contribution in [-0.2, 0) is 96.1 Å². The van der Waals surface area contributed by atoms with E-state index in [-0.39, 0.29) is 95.4 Å². The fourth-order valence-electron chi connectivity index (χ4n) is 14.3. The van der Waals surface area contributed by atoms with Crippen molar-refractivity contribution in [3.63, 3.8) is 0 Å². The van der Waals surface area contributed by atoms with Crippen LogP contribution in [0, 0.1) is 5.92 Å². The summed E-state index contributed by atoms with van der Waals surface area (Å²) in [5, 5.41) is 51.7. The number of hydrogen-bond acceptors (Lipinski definition) is 18. The van der Waals surface area contributed by atoms with Gasteiger partial charge in [-0.2, -0.15) is 0 Å². The fourth-order valence-corrected chi connectivity index (χ4v) is 14.4. The molecule has 2 aliphatic heterocycles. The van der Waals surface area contributed by atoms with Crippen LogP contribution in [0.2, 0.25) is 5.02 Å². The van der Waals surface area contributed by atoms with E-state index in [0.29, 0.717) is 102 Å². The van der Waals surface area contributed by atoms with E-state index in [1.807, 2.05) is 97.4 Å². The minimum atomic E-state index is -1.97. The number of aromatic nitrogens is 1. The van der Waals surface area contributed by atoms with Crippen LogP contribution in [0.3, 0.4) is 0 Å². The maximum Gasteiger partial charge on any atom is 0.319 e. The minimum absolute atomic E-state index is 0.00193. The number of likely N-dealkylation sites (tertiary alicyclic amines) is 1. The number of hydrogen-bond donors (Lipinski definition) is 15. The number of nitrogens with zero attached hydrogens (tertiary/aromatic N) is 4. The van der Waals surface area contributed by atoms with Crippen molar-refractivity contribution in [1.82, 2.24) is 78.6 Å². The van der Waals surface area contributed by atoms with Crippen molar-refractivity contribution in [2.24, 2.45) is 17.4 Å². The molecule has 0 aliphatic carbocycles. The summed E-state index contributed by atoms with van der Waals surface area (Å²) >= 11 is 6.28. The number of benzene rings is 5. The van der Waals surface area contributed by atoms with Crippen molar-refractivity contribution in [1.29, 1.82) is 0 Å². The number of carbonyl (C=O) groups excluding carboxylic acids is 13. The zero-order valence-corrected chi connectivity index (χ0v) is 72.0. The molecule has 0 saturated carbocycles. The number of anilines is 1. The summed E-state index contributed by atoms with van der Waals surface area (Å²) in [5.41, 5.74) is 14.9. The predicted octanol–water partition coefficient (Wildman–Crippen LogP) is 1.16. The van der Waals surface area contributed by atoms with Crippen LogP contribution >= 0.6 is 11.6 Å². The molecule has 2 fully saturated rings. The second kappa shape index (κ2) is 48.2. The number of fused-ring (bicyclic) bond motifs is 1. The van der Waals surface area contributed by atoms with Gasteiger partial charge < -0.3 is 99.8 Å². The first-order chi connectivity index (χ1) is 58.6. The topological polar surface area (TPSA) is 482 Å². The number of amides is 15. The Balaban J connectivity index is 1.10. The molecule has 1 aromatic heterocycles. The lowest BCUT2D eigenvalue weighted by molar-refractivity contribution is -0.862. The van der Waals surface area contributed by atoms with Crippen molar-refractivity contribution in [2.45, 2.75) is 178 Å². The standard InChI is InChI=1S/C88H120ClN19O15/c1-54(2)43-68(78(112)98-67(18-11-12-35-93-55(3)4)86(120)107-38-14-19-75(107)85(119)96-56(5)77(90)111)99-79(113)70(47-59-27-32-66(33-28-59)97-88(122)95-37-36-94-76(110)52-108(6,7)8)100-81(115)71(45-57-20-22-60(23-21-57)51-106-39-41-123-42-40-106)103-84(118)74(53-109)104-82(116)72(49-62-15-13-34-92-50-62)102-80(114)69(46-58-25-30-65(89)31-26-58)101-83(117)73(105-87(91)121)48-61-24-29-63-16-9-10-17-64(63)44-61/h9-10,13,15-17,20-34,44,50,54-56,67-75,93H,11-12,14,18-19,35-43,45-49,51-53H2,1-8H3,(H2,90,111)(H,94,110)(H,96,119)(H,98,112)(H,99,113)(H,100,115)(H,101,117)(H,102,114)(H,103,118)(H,104,116)(H3,91,105,121)(H2,95,97,122)/t56-,67+,68+,69-,70-,71+,72-,73-,74+,75+/m1/s1. The molecule has 2 aliphatic rings. The number of carbonyl (C=O) groups is 13. The van der Waals surface area contributed by atoms with Crippen LogP contribution in [0.1, 0.15) is 107 Å². The number of unbranched alkanes of at least 4 members (excludes halogenated alkanes) is 1. The lowest BCUT2D eigenvalue weighted by atomic mass is 9.99. The summed E-state index contributed by atoms with van der Waals surface area (Å²) < 4.78 is 5.97. The van der Waals surface area contributed by atoms with Gasteiger partial charge in [0.25, 0.3) is 5.91 Å². The highest BCUT2D eigenvalue weighted by Gasteiger charge is 2.41. The number of halogens is 1. The normalized spacial score (nSPS) is 15.7. The molecule has 6 aromatic rings. The van der Waals surface area contributed by atoms with Crippen molar-refractivity contribution in [2.75, 3.05) is 92.1 Å². The Kier molecular flexibility index (Phi) is 37.9. The van der Waals surface area contributed by atoms with E-state index in [9.17, 15) is 38.7 Å². The SMILES string of the molecule is CC(C)C[C@H](NC(=O)[C@@H](Cc1ccc(NC(=O)NCCNC(=O)C[N+](C)(C)C)cc1)NC(=O)[C@H](Cc1ccc(CN2CCOCC2)cc1)NC(=O)[C@H](C[O-])NC(=O)[C@@H](Cc1cccnc1)NC(=O)[C@@H](Cc1ccc(Cl)cc1)NC(=O)[C@@H](Cc1ccc2ccccc2c1)NC(N)=O)C(=O)N[C@@H](CCCCNC(C)C)C(=O)N1CCC[C@H]1C(=O)N[C@H](C)C(N)=O. The van der Waals surface area contributed by atoms with Crippen LogP contribution in [-0.4, -0.2) is 250 Å². The Morgan fingerprint density at radius 2 is 1.02 bits per heavy atom. The summed E-state index contributed by atoms with van der Waals surface area (Å²) in [6, 6.07) is 20.5. The van der Waals surface area contributed by atoms with Crippen molar-refractivity contribution in [3.05, 3.63) is 178 Å². The number of ether oxygens (including phenoxy) is 1. The van der Waals surface area contributed by atoms with Gasteiger partial charge in [0.1, 0.15) is 54.4 Å². The summed E-state index contributed by atoms with van der Waals surface area (Å²) in [5.74, 6) is -9.00. The van der Waals surface area contributed by atoms with Crippen molar-refractivity contribution in [3.8, 4) is 0 Å². The van der Waals surface area contributed by atoms with Gasteiger partial charge in [0.05, 0.1) is 40.4 Å². The first-order valence-corrected chi connectivity index (χ1v) is 42.1. The number of morpholine rings is 1. The maximum absolute atomic E-state index is 15.6. The van der Waals surface area contributed by atoms with E-state index >= 15 is 28.8 Å². The molecule has 10 atom stereocenters. The second-order valence-corrected chi connectivity index (χ2v) is 33.4. The van der Waals surface area contributed by atoms with Gasteiger partial charge in [-0.1, -0.05) is 136 Å². The minimum Gasteiger partial charge on any atom is -0.853 e. The molecule has 0 spiro atoms. The summed E-state index contributed by atoms with van der Waals surface area (Å²) in [6.45, 7) is 12.0. The summed E-state index contributed by atoms with van der Waals surface area (Å²) in [6.07, 6.45) is 3.69. The van der Waals surface area contributed by atoms with Gasteiger partial charge in [0, 0.05) is 101 Å². The van der Waals surface area contributed by atoms with Gasteiger partial charge in [0.2, 0.25) is 59.1 Å². The molecule has 17 N–H and O–H groups in total. The number of nitrogens with one attached hydrogen (secondary N) is 13. The molecule has 3 heterocycles. The number of urea groups is 2. The van der Waals surface area contributed by atoms with Gasteiger partial charge in [-0.25, -0.2) is 9.59 Å². The Morgan fingerprint density at radius 3 is 1.57 bits per heavy atom. The molecule has 8 rings (SSSR count). The van der Waals surface area contributed by atoms with Crippen LogP contribution in [0.5, 0.6) is 0 Å². The average Bonchev–Trinajstić information content (AvgIpc) is 1.76. The Morgan fingerprint density at radius 1 is 0.528 bits per heavy atom. The van der Waals surface area contributed by atoms with Crippen LogP contribution in [0.25, 0.3) is 10.8 Å². The van der Waals surface area contributed by atoms with E-state index < -0.39 is 138 Å². The zero-order valence-electron chi connectivity index (χ0n) is 71.2. The lowest BCUT2D eigenvalue weighted by Crippen LogP contribution is -2.62. The molecular weight excluding hydrogens is 1600 g/mol. The van der Waals surface area contributed by atoms with Crippen LogP contribution in [0.15, 0.2) is 140 Å². The van der Waals surface area contributed by atoms with Gasteiger partial charge in [-0.3, -0.25) is 62.6 Å². The molecule has 15 amide bonds. The van der Waals surface area contributed by atoms with Gasteiger partial charge in [-0.15, -0.1) is 6.61 Å². The van der Waals surface area contributed by atoms with Crippen molar-refractivity contribution >= 4 is 105 Å². The molecule has 5 aromatic carbocycles. The molecule has 0 bridgehead atoms. The molecular formula is C88H120ClN19O15. The maximum atomic E-state index is 15.6. The molecule has 0 radical (unpaired) electrons. The first kappa shape index (κ1) is 96.8. The Hall–Kier alpha value is -11.7. The van der Waals surface area contributed by atoms with E-state index in [1.165, 1.54) is 24.2 Å². The third-order valence-electron chi connectivity index (χ3n) is 20.8. The van der Waals surface area contributed by atoms with Crippen LogP contribution < -0.4 is 85.7 Å². The summed E-state index contributed by atoms with van der Waals surface area (Å²) in [4.78, 5) is 192. The molecule has 664 valence electrons. The van der Waals surface area contributed by atoms with Crippen LogP contribution in [0.4, 0.5) is 15.3 Å².